The molecule has 2 amide bonds. The van der Waals surface area contributed by atoms with Gasteiger partial charge in [-0.2, -0.15) is 0 Å². The highest BCUT2D eigenvalue weighted by atomic mass is 16.2. The number of hydrogen-bond donors (Lipinski definition) is 3. The van der Waals surface area contributed by atoms with Gasteiger partial charge in [-0.3, -0.25) is 9.59 Å². The van der Waals surface area contributed by atoms with Gasteiger partial charge in [-0.15, -0.1) is 0 Å². The van der Waals surface area contributed by atoms with E-state index in [-0.39, 0.29) is 5.91 Å². The molecule has 0 saturated carbocycles. The van der Waals surface area contributed by atoms with Crippen LogP contribution in [0, 0.1) is 0 Å². The zero-order valence-corrected chi connectivity index (χ0v) is 11.9. The summed E-state index contributed by atoms with van der Waals surface area (Å²) in [7, 11) is 0. The third-order valence-corrected chi connectivity index (χ3v) is 3.14. The molecule has 110 valence electrons. The summed E-state index contributed by atoms with van der Waals surface area (Å²) in [5, 5.41) is 2.68. The van der Waals surface area contributed by atoms with Gasteiger partial charge < -0.3 is 16.8 Å². The van der Waals surface area contributed by atoms with Crippen molar-refractivity contribution in [2.45, 2.75) is 38.6 Å². The number of hydrogen-bond acceptors (Lipinski definition) is 3. The molecular weight excluding hydrogens is 254 g/mol. The van der Waals surface area contributed by atoms with Gasteiger partial charge in [0.25, 0.3) is 5.91 Å². The van der Waals surface area contributed by atoms with E-state index in [0.717, 1.165) is 24.8 Å². The molecule has 5 N–H and O–H groups in total. The zero-order valence-electron chi connectivity index (χ0n) is 11.9. The second-order valence-corrected chi connectivity index (χ2v) is 4.81. The molecule has 0 saturated heterocycles. The monoisotopic (exact) mass is 277 g/mol. The average molecular weight is 277 g/mol. The van der Waals surface area contributed by atoms with E-state index in [1.807, 2.05) is 19.1 Å². The number of primary amides is 1. The Morgan fingerprint density at radius 1 is 1.25 bits per heavy atom. The van der Waals surface area contributed by atoms with Crippen LogP contribution in [0.25, 0.3) is 0 Å². The van der Waals surface area contributed by atoms with Crippen LogP contribution in [0.5, 0.6) is 0 Å². The number of benzene rings is 1. The van der Waals surface area contributed by atoms with E-state index in [1.54, 1.807) is 12.1 Å². The molecule has 0 bridgehead atoms. The van der Waals surface area contributed by atoms with Gasteiger partial charge in [-0.05, 0) is 37.1 Å². The summed E-state index contributed by atoms with van der Waals surface area (Å²) in [5.74, 6) is -0.768. The molecule has 0 heterocycles. The van der Waals surface area contributed by atoms with Crippen LogP contribution < -0.4 is 16.8 Å². The van der Waals surface area contributed by atoms with Crippen molar-refractivity contribution in [2.75, 3.05) is 6.54 Å². The van der Waals surface area contributed by atoms with E-state index in [1.165, 1.54) is 0 Å². The predicted molar refractivity (Wildman–Crippen MR) is 79.2 cm³/mol. The van der Waals surface area contributed by atoms with Crippen LogP contribution in [0.4, 0.5) is 0 Å². The maximum atomic E-state index is 12.0. The van der Waals surface area contributed by atoms with Gasteiger partial charge in [-0.25, -0.2) is 0 Å². The molecule has 0 fully saturated rings. The maximum absolute atomic E-state index is 12.0. The van der Waals surface area contributed by atoms with Crippen molar-refractivity contribution >= 4 is 11.8 Å². The summed E-state index contributed by atoms with van der Waals surface area (Å²) >= 11 is 0. The molecule has 1 aromatic carbocycles. The second-order valence-electron chi connectivity index (χ2n) is 4.81. The van der Waals surface area contributed by atoms with Gasteiger partial charge >= 0.3 is 0 Å². The summed E-state index contributed by atoms with van der Waals surface area (Å²) in [6.45, 7) is 2.60. The molecule has 5 heteroatoms. The molecule has 0 aliphatic rings. The first kappa shape index (κ1) is 16.2. The van der Waals surface area contributed by atoms with E-state index in [4.69, 9.17) is 11.5 Å². The van der Waals surface area contributed by atoms with Gasteiger partial charge in [0.05, 0.1) is 0 Å². The van der Waals surface area contributed by atoms with Gasteiger partial charge in [0, 0.05) is 5.56 Å². The third-order valence-electron chi connectivity index (χ3n) is 3.14. The van der Waals surface area contributed by atoms with Crippen LogP contribution in [-0.2, 0) is 11.2 Å². The third kappa shape index (κ3) is 5.01. The lowest BCUT2D eigenvalue weighted by Gasteiger charge is -2.15. The van der Waals surface area contributed by atoms with E-state index >= 15 is 0 Å². The van der Waals surface area contributed by atoms with Gasteiger partial charge in [0.2, 0.25) is 5.91 Å². The highest BCUT2D eigenvalue weighted by molar-refractivity contribution is 5.97. The lowest BCUT2D eigenvalue weighted by molar-refractivity contribution is -0.120. The van der Waals surface area contributed by atoms with Crippen LogP contribution in [0.2, 0.25) is 0 Å². The Morgan fingerprint density at radius 2 is 1.90 bits per heavy atom. The summed E-state index contributed by atoms with van der Waals surface area (Å²) in [6, 6.07) is 6.60. The highest BCUT2D eigenvalue weighted by Gasteiger charge is 2.18. The summed E-state index contributed by atoms with van der Waals surface area (Å²) in [6.07, 6.45) is 3.15. The molecule has 0 radical (unpaired) electrons. The number of nitrogens with one attached hydrogen (secondary N) is 1. The van der Waals surface area contributed by atoms with Crippen LogP contribution in [-0.4, -0.2) is 24.4 Å². The van der Waals surface area contributed by atoms with E-state index in [9.17, 15) is 9.59 Å². The van der Waals surface area contributed by atoms with Crippen molar-refractivity contribution in [3.05, 3.63) is 35.4 Å². The lowest BCUT2D eigenvalue weighted by Crippen LogP contribution is -2.44. The van der Waals surface area contributed by atoms with Crippen molar-refractivity contribution in [3.63, 3.8) is 0 Å². The fourth-order valence-corrected chi connectivity index (χ4v) is 1.92. The molecule has 0 aliphatic heterocycles. The molecular formula is C15H23N3O2. The molecule has 0 aromatic heterocycles. The largest absolute Gasteiger partial charge is 0.368 e. The molecule has 0 spiro atoms. The van der Waals surface area contributed by atoms with Gasteiger partial charge in [0.1, 0.15) is 6.04 Å². The Bertz CT molecular complexity index is 443. The molecule has 20 heavy (non-hydrogen) atoms. The lowest BCUT2D eigenvalue weighted by atomic mass is 10.1. The van der Waals surface area contributed by atoms with Crippen molar-refractivity contribution < 1.29 is 9.59 Å². The molecule has 1 rings (SSSR count). The Hall–Kier alpha value is -1.88. The fourth-order valence-electron chi connectivity index (χ4n) is 1.92. The topological polar surface area (TPSA) is 98.2 Å². The minimum atomic E-state index is -0.605. The minimum absolute atomic E-state index is 0.274. The Balaban J connectivity index is 2.65. The quantitative estimate of drug-likeness (QED) is 0.660. The van der Waals surface area contributed by atoms with E-state index < -0.39 is 11.9 Å². The van der Waals surface area contributed by atoms with Crippen LogP contribution in [0.1, 0.15) is 42.1 Å². The van der Waals surface area contributed by atoms with Crippen LogP contribution in [0.15, 0.2) is 24.3 Å². The van der Waals surface area contributed by atoms with Crippen molar-refractivity contribution in [1.29, 1.82) is 0 Å². The highest BCUT2D eigenvalue weighted by Crippen LogP contribution is 2.07. The zero-order chi connectivity index (χ0) is 15.0. The van der Waals surface area contributed by atoms with Crippen LogP contribution >= 0.6 is 0 Å². The average Bonchev–Trinajstić information content (AvgIpc) is 2.44. The first-order chi connectivity index (χ1) is 9.58. The first-order valence-electron chi connectivity index (χ1n) is 6.97. The Kier molecular flexibility index (Phi) is 6.73. The van der Waals surface area contributed by atoms with E-state index in [2.05, 4.69) is 5.32 Å². The Labute approximate surface area is 119 Å². The van der Waals surface area contributed by atoms with Gasteiger partial charge in [-0.1, -0.05) is 31.9 Å². The fraction of sp³-hybridized carbons (Fsp3) is 0.467. The standard InChI is InChI=1S/C15H23N3O2/c1-2-3-4-13(14(17)19)18-15(20)12-7-5-11(6-8-12)9-10-16/h5-8,13H,2-4,9-10,16H2,1H3,(H2,17,19)(H,18,20)/t13-/m1/s1. The maximum Gasteiger partial charge on any atom is 0.251 e. The second kappa shape index (κ2) is 8.32. The number of carbonyl (C=O) groups excluding carboxylic acids is 2. The van der Waals surface area contributed by atoms with Crippen LogP contribution in [0.3, 0.4) is 0 Å². The number of carbonyl (C=O) groups is 2. The normalized spacial score (nSPS) is 11.9. The smallest absolute Gasteiger partial charge is 0.251 e. The van der Waals surface area contributed by atoms with Gasteiger partial charge in [0.15, 0.2) is 0 Å². The number of nitrogens with two attached hydrogens (primary N) is 2. The summed E-state index contributed by atoms with van der Waals surface area (Å²) in [4.78, 5) is 23.4. The number of unbranched alkanes of at least 4 members (excludes halogenated alkanes) is 1. The molecule has 5 nitrogen and oxygen atoms in total. The first-order valence-corrected chi connectivity index (χ1v) is 6.97. The summed E-state index contributed by atoms with van der Waals surface area (Å²) in [5.41, 5.74) is 12.4. The SMILES string of the molecule is CCCC[C@@H](NC(=O)c1ccc(CCN)cc1)C(N)=O. The summed E-state index contributed by atoms with van der Waals surface area (Å²) < 4.78 is 0. The molecule has 0 unspecified atom stereocenters. The number of amides is 2. The molecule has 1 aromatic rings. The molecule has 1 atom stereocenters. The predicted octanol–water partition coefficient (Wildman–Crippen LogP) is 0.962. The minimum Gasteiger partial charge on any atom is -0.368 e. The van der Waals surface area contributed by atoms with E-state index in [0.29, 0.717) is 18.5 Å². The molecule has 0 aliphatic carbocycles. The van der Waals surface area contributed by atoms with Crippen molar-refractivity contribution in [2.24, 2.45) is 11.5 Å². The van der Waals surface area contributed by atoms with Crippen molar-refractivity contribution in [3.8, 4) is 0 Å². The number of rotatable bonds is 8. The Morgan fingerprint density at radius 3 is 2.40 bits per heavy atom. The van der Waals surface area contributed by atoms with Crippen molar-refractivity contribution in [1.82, 2.24) is 5.32 Å².